The minimum Gasteiger partial charge on any atom is -0.295 e. The smallest absolute Gasteiger partial charge is 0.214 e. The Kier molecular flexibility index (Phi) is 8.24. The molecule has 1 aromatic rings. The second-order valence-corrected chi connectivity index (χ2v) is 11.5. The van der Waals surface area contributed by atoms with Gasteiger partial charge in [0.2, 0.25) is 10.0 Å². The number of halogens is 2. The highest BCUT2D eigenvalue weighted by Crippen LogP contribution is 2.39. The summed E-state index contributed by atoms with van der Waals surface area (Å²) < 4.78 is 26.5. The van der Waals surface area contributed by atoms with Crippen LogP contribution in [0.1, 0.15) is 68.6 Å². The van der Waals surface area contributed by atoms with Crippen molar-refractivity contribution in [3.63, 3.8) is 0 Å². The third-order valence-electron chi connectivity index (χ3n) is 6.60. The van der Waals surface area contributed by atoms with E-state index in [-0.39, 0.29) is 17.1 Å². The highest BCUT2D eigenvalue weighted by atomic mass is 35.5. The molecule has 1 aromatic carbocycles. The molecule has 30 heavy (non-hydrogen) atoms. The first-order valence-electron chi connectivity index (χ1n) is 11.0. The Bertz CT molecular complexity index is 846. The Labute approximate surface area is 190 Å². The van der Waals surface area contributed by atoms with E-state index in [0.29, 0.717) is 41.5 Å². The van der Waals surface area contributed by atoms with Crippen molar-refractivity contribution in [2.45, 2.75) is 63.8 Å². The highest BCUT2D eigenvalue weighted by Gasteiger charge is 2.40. The van der Waals surface area contributed by atoms with Gasteiger partial charge in [-0.15, -0.1) is 0 Å². The highest BCUT2D eigenvalue weighted by molar-refractivity contribution is 7.89. The topological polar surface area (TPSA) is 57.7 Å². The molecule has 1 aliphatic carbocycles. The fourth-order valence-corrected chi connectivity index (χ4v) is 6.84. The second-order valence-electron chi connectivity index (χ2n) is 8.53. The maximum atomic E-state index is 12.9. The van der Waals surface area contributed by atoms with Gasteiger partial charge >= 0.3 is 0 Å². The zero-order valence-corrected chi connectivity index (χ0v) is 20.0. The Hall–Kier alpha value is -0.660. The number of piperazine rings is 1. The molecule has 168 valence electrons. The maximum Gasteiger partial charge on any atom is 0.214 e. The van der Waals surface area contributed by atoms with E-state index in [9.17, 15) is 13.2 Å². The van der Waals surface area contributed by atoms with Gasteiger partial charge < -0.3 is 0 Å². The van der Waals surface area contributed by atoms with Crippen LogP contribution in [0.4, 0.5) is 0 Å². The molecule has 2 fully saturated rings. The summed E-state index contributed by atoms with van der Waals surface area (Å²) >= 11 is 12.3. The molecule has 3 rings (SSSR count). The van der Waals surface area contributed by atoms with E-state index in [1.165, 1.54) is 6.42 Å². The zero-order chi connectivity index (χ0) is 21.8. The summed E-state index contributed by atoms with van der Waals surface area (Å²) in [5.41, 5.74) is 0.463. The lowest BCUT2D eigenvalue weighted by molar-refractivity contribution is 0.0165. The van der Waals surface area contributed by atoms with Crippen molar-refractivity contribution in [2.24, 2.45) is 0 Å². The van der Waals surface area contributed by atoms with Gasteiger partial charge in [-0.1, -0.05) is 49.4 Å². The number of Topliss-reactive ketones (excluding diaryl/α,β-unsaturated/α-hetero) is 1. The Balaban J connectivity index is 1.68. The van der Waals surface area contributed by atoms with Crippen LogP contribution in [0.5, 0.6) is 0 Å². The Morgan fingerprint density at radius 1 is 1.07 bits per heavy atom. The molecule has 0 bridgehead atoms. The lowest BCUT2D eigenvalue weighted by atomic mass is 9.76. The number of benzene rings is 1. The molecule has 5 nitrogen and oxygen atoms in total. The molecular formula is C22H32Cl2N2O3S. The lowest BCUT2D eigenvalue weighted by Crippen LogP contribution is -2.58. The van der Waals surface area contributed by atoms with E-state index in [2.05, 4.69) is 4.90 Å². The fraction of sp³-hybridized carbons (Fsp3) is 0.682. The summed E-state index contributed by atoms with van der Waals surface area (Å²) in [4.78, 5) is 15.3. The lowest BCUT2D eigenvalue weighted by Gasteiger charge is -2.50. The minimum absolute atomic E-state index is 0.0246. The first kappa shape index (κ1) is 24.0. The van der Waals surface area contributed by atoms with Crippen LogP contribution in [0.2, 0.25) is 10.0 Å². The van der Waals surface area contributed by atoms with E-state index >= 15 is 0 Å². The second kappa shape index (κ2) is 10.3. The molecule has 1 aliphatic heterocycles. The number of hydrogen-bond acceptors (Lipinski definition) is 4. The van der Waals surface area contributed by atoms with Gasteiger partial charge in [0.05, 0.1) is 10.8 Å². The summed E-state index contributed by atoms with van der Waals surface area (Å²) in [5.74, 6) is 0.240. The van der Waals surface area contributed by atoms with Crippen LogP contribution in [0.25, 0.3) is 0 Å². The minimum atomic E-state index is -3.15. The zero-order valence-electron chi connectivity index (χ0n) is 17.7. The van der Waals surface area contributed by atoms with Crippen molar-refractivity contribution in [3.05, 3.63) is 33.8 Å². The van der Waals surface area contributed by atoms with Crippen LogP contribution >= 0.6 is 23.2 Å². The van der Waals surface area contributed by atoms with E-state index in [1.54, 1.807) is 22.5 Å². The van der Waals surface area contributed by atoms with Crippen molar-refractivity contribution >= 4 is 39.0 Å². The number of hydrogen-bond donors (Lipinski definition) is 0. The largest absolute Gasteiger partial charge is 0.295 e. The van der Waals surface area contributed by atoms with Crippen LogP contribution < -0.4 is 0 Å². The van der Waals surface area contributed by atoms with Gasteiger partial charge in [-0.25, -0.2) is 8.42 Å². The summed E-state index contributed by atoms with van der Waals surface area (Å²) in [6.45, 7) is 4.44. The van der Waals surface area contributed by atoms with Crippen molar-refractivity contribution in [1.29, 1.82) is 0 Å². The van der Waals surface area contributed by atoms with E-state index in [4.69, 9.17) is 23.2 Å². The van der Waals surface area contributed by atoms with Crippen LogP contribution in [0, 0.1) is 0 Å². The first-order chi connectivity index (χ1) is 14.3. The van der Waals surface area contributed by atoms with Crippen molar-refractivity contribution < 1.29 is 13.2 Å². The Morgan fingerprint density at radius 3 is 2.37 bits per heavy atom. The number of rotatable bonds is 8. The molecule has 2 aliphatic rings. The number of carbonyl (C=O) groups is 1. The summed E-state index contributed by atoms with van der Waals surface area (Å²) in [6, 6.07) is 5.01. The molecule has 0 spiro atoms. The van der Waals surface area contributed by atoms with Crippen molar-refractivity contribution in [2.75, 3.05) is 31.9 Å². The molecule has 0 unspecified atom stereocenters. The summed E-state index contributed by atoms with van der Waals surface area (Å²) in [6.07, 6.45) is 7.49. The van der Waals surface area contributed by atoms with Gasteiger partial charge in [0.25, 0.3) is 0 Å². The van der Waals surface area contributed by atoms with Crippen LogP contribution in [0.15, 0.2) is 18.2 Å². The van der Waals surface area contributed by atoms with Crippen molar-refractivity contribution in [1.82, 2.24) is 9.21 Å². The predicted molar refractivity (Wildman–Crippen MR) is 123 cm³/mol. The monoisotopic (exact) mass is 474 g/mol. The van der Waals surface area contributed by atoms with Gasteiger partial charge in [-0.05, 0) is 43.9 Å². The summed E-state index contributed by atoms with van der Waals surface area (Å²) in [5, 5.41) is 0.955. The molecule has 0 radical (unpaired) electrons. The van der Waals surface area contributed by atoms with Gasteiger partial charge in [0.1, 0.15) is 0 Å². The average molecular weight is 475 g/mol. The Morgan fingerprint density at radius 2 is 1.73 bits per heavy atom. The third-order valence-corrected chi connectivity index (χ3v) is 9.24. The van der Waals surface area contributed by atoms with Gasteiger partial charge in [-0.2, -0.15) is 4.31 Å². The molecule has 8 heteroatoms. The first-order valence-corrected chi connectivity index (χ1v) is 13.3. The maximum absolute atomic E-state index is 12.9. The number of nitrogens with zero attached hydrogens (tertiary/aromatic N) is 2. The number of carbonyl (C=O) groups excluding carboxylic acids is 1. The summed E-state index contributed by atoms with van der Waals surface area (Å²) in [7, 11) is -3.15. The van der Waals surface area contributed by atoms with Crippen LogP contribution in [-0.2, 0) is 10.0 Å². The normalized spacial score (nSPS) is 20.9. The molecular weight excluding hydrogens is 443 g/mol. The van der Waals surface area contributed by atoms with Gasteiger partial charge in [0, 0.05) is 48.7 Å². The molecule has 0 aromatic heterocycles. The molecule has 0 atom stereocenters. The van der Waals surface area contributed by atoms with E-state index < -0.39 is 10.0 Å². The molecule has 0 N–H and O–H groups in total. The van der Waals surface area contributed by atoms with Crippen LogP contribution in [0.3, 0.4) is 0 Å². The molecule has 0 amide bonds. The van der Waals surface area contributed by atoms with E-state index in [1.807, 2.05) is 6.92 Å². The predicted octanol–water partition coefficient (Wildman–Crippen LogP) is 5.02. The van der Waals surface area contributed by atoms with E-state index in [0.717, 1.165) is 45.2 Å². The standard InChI is InChI=1S/C22H32Cl2N2O3S/c1-2-16-30(28,29)26-14-12-25(13-15-26)22(9-4-3-5-10-22)11-8-21(27)19-17-18(23)6-7-20(19)24/h6-7,17H,2-5,8-16H2,1H3. The third kappa shape index (κ3) is 5.57. The quantitative estimate of drug-likeness (QED) is 0.496. The van der Waals surface area contributed by atoms with Gasteiger partial charge in [0.15, 0.2) is 5.78 Å². The molecule has 1 heterocycles. The average Bonchev–Trinajstić information content (AvgIpc) is 2.74. The van der Waals surface area contributed by atoms with Crippen LogP contribution in [-0.4, -0.2) is 60.9 Å². The molecule has 1 saturated heterocycles. The van der Waals surface area contributed by atoms with Gasteiger partial charge in [-0.3, -0.25) is 9.69 Å². The van der Waals surface area contributed by atoms with Crippen molar-refractivity contribution in [3.8, 4) is 0 Å². The number of sulfonamides is 1. The SMILES string of the molecule is CCCS(=O)(=O)N1CCN(C2(CCC(=O)c3cc(Cl)ccc3Cl)CCCCC2)CC1. The molecule has 1 saturated carbocycles. The fourth-order valence-electron chi connectivity index (χ4n) is 4.95. The number of ketones is 1.